The molecule has 1 rings (SSSR count). The van der Waals surface area contributed by atoms with E-state index in [9.17, 15) is 4.79 Å². The van der Waals surface area contributed by atoms with Crippen molar-refractivity contribution in [2.75, 3.05) is 18.5 Å². The molecular weight excluding hydrogens is 206 g/mol. The molecule has 1 N–H and O–H groups in total. The van der Waals surface area contributed by atoms with E-state index >= 15 is 0 Å². The van der Waals surface area contributed by atoms with Crippen LogP contribution in [0, 0.1) is 0 Å². The number of hydrogen-bond donors (Lipinski definition) is 1. The molecule has 0 saturated carbocycles. The number of aryl methyl sites for hydroxylation is 1. The van der Waals surface area contributed by atoms with Crippen molar-refractivity contribution in [2.45, 2.75) is 33.4 Å². The first-order chi connectivity index (χ1) is 7.65. The second-order valence-corrected chi connectivity index (χ2v) is 3.71. The molecule has 90 valence electrons. The number of aromatic nitrogens is 2. The zero-order valence-corrected chi connectivity index (χ0v) is 10.1. The largest absolute Gasteiger partial charge is 0.377 e. The van der Waals surface area contributed by atoms with Gasteiger partial charge in [-0.25, -0.2) is 4.98 Å². The zero-order chi connectivity index (χ0) is 12.0. The van der Waals surface area contributed by atoms with E-state index in [4.69, 9.17) is 4.74 Å². The van der Waals surface area contributed by atoms with Crippen molar-refractivity contribution in [3.05, 3.63) is 22.7 Å². The van der Waals surface area contributed by atoms with Crippen molar-refractivity contribution < 1.29 is 4.74 Å². The maximum absolute atomic E-state index is 11.7. The van der Waals surface area contributed by atoms with Crippen molar-refractivity contribution in [1.29, 1.82) is 0 Å². The van der Waals surface area contributed by atoms with E-state index in [-0.39, 0.29) is 11.7 Å². The summed E-state index contributed by atoms with van der Waals surface area (Å²) < 4.78 is 6.97. The Kier molecular flexibility index (Phi) is 4.98. The van der Waals surface area contributed by atoms with E-state index in [1.165, 1.54) is 0 Å². The molecule has 0 aromatic carbocycles. The van der Waals surface area contributed by atoms with E-state index in [1.807, 2.05) is 20.8 Å². The van der Waals surface area contributed by atoms with Crippen LogP contribution in [-0.2, 0) is 11.3 Å². The fourth-order valence-electron chi connectivity index (χ4n) is 1.28. The molecule has 0 aliphatic carbocycles. The van der Waals surface area contributed by atoms with Crippen molar-refractivity contribution in [1.82, 2.24) is 9.55 Å². The number of rotatable bonds is 6. The van der Waals surface area contributed by atoms with E-state index in [0.29, 0.717) is 25.5 Å². The van der Waals surface area contributed by atoms with Crippen molar-refractivity contribution in [3.8, 4) is 0 Å². The molecule has 1 aromatic rings. The standard InChI is InChI=1S/C11H19N3O2/c1-4-14-7-5-12-10(11(14)15)13-6-8-16-9(2)3/h5,7,9H,4,6,8H2,1-3H3,(H,12,13). The van der Waals surface area contributed by atoms with E-state index in [2.05, 4.69) is 10.3 Å². The molecule has 0 spiro atoms. The molecular formula is C11H19N3O2. The summed E-state index contributed by atoms with van der Waals surface area (Å²) in [5.41, 5.74) is -0.0884. The zero-order valence-electron chi connectivity index (χ0n) is 10.1. The summed E-state index contributed by atoms with van der Waals surface area (Å²) in [6, 6.07) is 0. The van der Waals surface area contributed by atoms with Gasteiger partial charge in [-0.2, -0.15) is 0 Å². The SMILES string of the molecule is CCn1ccnc(NCCOC(C)C)c1=O. The molecule has 0 aliphatic rings. The Morgan fingerprint density at radius 3 is 2.94 bits per heavy atom. The molecule has 1 aromatic heterocycles. The van der Waals surface area contributed by atoms with Gasteiger partial charge < -0.3 is 14.6 Å². The third-order valence-corrected chi connectivity index (χ3v) is 2.10. The van der Waals surface area contributed by atoms with Crippen LogP contribution in [0.3, 0.4) is 0 Å². The number of nitrogens with zero attached hydrogens (tertiary/aromatic N) is 2. The molecule has 0 fully saturated rings. The van der Waals surface area contributed by atoms with Gasteiger partial charge >= 0.3 is 0 Å². The van der Waals surface area contributed by atoms with Gasteiger partial charge in [0.25, 0.3) is 5.56 Å². The minimum absolute atomic E-state index is 0.0884. The minimum Gasteiger partial charge on any atom is -0.377 e. The fourth-order valence-corrected chi connectivity index (χ4v) is 1.28. The highest BCUT2D eigenvalue weighted by Crippen LogP contribution is 1.93. The monoisotopic (exact) mass is 225 g/mol. The van der Waals surface area contributed by atoms with Gasteiger partial charge in [0.05, 0.1) is 12.7 Å². The Bertz CT molecular complexity index is 374. The van der Waals surface area contributed by atoms with E-state index in [1.54, 1.807) is 17.0 Å². The van der Waals surface area contributed by atoms with Crippen LogP contribution >= 0.6 is 0 Å². The summed E-state index contributed by atoms with van der Waals surface area (Å²) in [6.07, 6.45) is 3.51. The Morgan fingerprint density at radius 2 is 2.31 bits per heavy atom. The maximum atomic E-state index is 11.7. The molecule has 0 saturated heterocycles. The molecule has 1 heterocycles. The summed E-state index contributed by atoms with van der Waals surface area (Å²) >= 11 is 0. The van der Waals surface area contributed by atoms with Gasteiger partial charge in [-0.05, 0) is 20.8 Å². The molecule has 0 aliphatic heterocycles. The molecule has 16 heavy (non-hydrogen) atoms. The highest BCUT2D eigenvalue weighted by Gasteiger charge is 2.02. The molecule has 5 nitrogen and oxygen atoms in total. The number of anilines is 1. The summed E-state index contributed by atoms with van der Waals surface area (Å²) in [4.78, 5) is 15.7. The maximum Gasteiger partial charge on any atom is 0.293 e. The lowest BCUT2D eigenvalue weighted by molar-refractivity contribution is 0.0870. The Labute approximate surface area is 95.5 Å². The molecule has 0 bridgehead atoms. The summed E-state index contributed by atoms with van der Waals surface area (Å²) in [6.45, 7) is 7.69. The van der Waals surface area contributed by atoms with Gasteiger partial charge in [0, 0.05) is 25.5 Å². The highest BCUT2D eigenvalue weighted by atomic mass is 16.5. The van der Waals surface area contributed by atoms with Crippen molar-refractivity contribution in [2.24, 2.45) is 0 Å². The van der Waals surface area contributed by atoms with Crippen LogP contribution in [-0.4, -0.2) is 28.8 Å². The molecule has 0 radical (unpaired) electrons. The lowest BCUT2D eigenvalue weighted by Gasteiger charge is -2.09. The van der Waals surface area contributed by atoms with Crippen LogP contribution in [0.15, 0.2) is 17.2 Å². The second kappa shape index (κ2) is 6.27. The second-order valence-electron chi connectivity index (χ2n) is 3.71. The van der Waals surface area contributed by atoms with Crippen molar-refractivity contribution >= 4 is 5.82 Å². The molecule has 0 atom stereocenters. The Hall–Kier alpha value is -1.36. The average molecular weight is 225 g/mol. The van der Waals surface area contributed by atoms with Crippen LogP contribution in [0.4, 0.5) is 5.82 Å². The van der Waals surface area contributed by atoms with Gasteiger partial charge in [-0.15, -0.1) is 0 Å². The predicted octanol–water partition coefficient (Wildman–Crippen LogP) is 1.10. The van der Waals surface area contributed by atoms with Crippen LogP contribution in [0.2, 0.25) is 0 Å². The average Bonchev–Trinajstić information content (AvgIpc) is 2.26. The topological polar surface area (TPSA) is 56.1 Å². The minimum atomic E-state index is -0.0884. The molecule has 5 heteroatoms. The third-order valence-electron chi connectivity index (χ3n) is 2.10. The van der Waals surface area contributed by atoms with Gasteiger partial charge in [0.15, 0.2) is 5.82 Å². The summed E-state index contributed by atoms with van der Waals surface area (Å²) in [5, 5.41) is 2.97. The fraction of sp³-hybridized carbons (Fsp3) is 0.636. The molecule has 0 amide bonds. The third kappa shape index (κ3) is 3.66. The number of nitrogens with one attached hydrogen (secondary N) is 1. The lowest BCUT2D eigenvalue weighted by atomic mass is 10.5. The first-order valence-corrected chi connectivity index (χ1v) is 5.56. The van der Waals surface area contributed by atoms with Gasteiger partial charge in [0.2, 0.25) is 0 Å². The van der Waals surface area contributed by atoms with Crippen LogP contribution < -0.4 is 10.9 Å². The lowest BCUT2D eigenvalue weighted by Crippen LogP contribution is -2.25. The van der Waals surface area contributed by atoms with Crippen LogP contribution in [0.25, 0.3) is 0 Å². The quantitative estimate of drug-likeness (QED) is 0.737. The predicted molar refractivity (Wildman–Crippen MR) is 63.7 cm³/mol. The first kappa shape index (κ1) is 12.7. The Morgan fingerprint density at radius 1 is 1.56 bits per heavy atom. The smallest absolute Gasteiger partial charge is 0.293 e. The van der Waals surface area contributed by atoms with Crippen LogP contribution in [0.5, 0.6) is 0 Å². The van der Waals surface area contributed by atoms with Gasteiger partial charge in [-0.3, -0.25) is 4.79 Å². The van der Waals surface area contributed by atoms with Crippen LogP contribution in [0.1, 0.15) is 20.8 Å². The normalized spacial score (nSPS) is 10.8. The van der Waals surface area contributed by atoms with Crippen molar-refractivity contribution in [3.63, 3.8) is 0 Å². The van der Waals surface area contributed by atoms with Gasteiger partial charge in [0.1, 0.15) is 0 Å². The summed E-state index contributed by atoms with van der Waals surface area (Å²) in [7, 11) is 0. The number of ether oxygens (including phenoxy) is 1. The van der Waals surface area contributed by atoms with Gasteiger partial charge in [-0.1, -0.05) is 0 Å². The molecule has 0 unspecified atom stereocenters. The highest BCUT2D eigenvalue weighted by molar-refractivity contribution is 5.30. The number of hydrogen-bond acceptors (Lipinski definition) is 4. The Balaban J connectivity index is 2.51. The first-order valence-electron chi connectivity index (χ1n) is 5.56. The summed E-state index contributed by atoms with van der Waals surface area (Å²) in [5.74, 6) is 0.386. The van der Waals surface area contributed by atoms with E-state index < -0.39 is 0 Å². The van der Waals surface area contributed by atoms with E-state index in [0.717, 1.165) is 0 Å².